The number of rotatable bonds is 5. The van der Waals surface area contributed by atoms with Crippen LogP contribution in [-0.2, 0) is 16.1 Å². The summed E-state index contributed by atoms with van der Waals surface area (Å²) in [6.07, 6.45) is 0. The number of ketones is 1. The first-order valence-corrected chi connectivity index (χ1v) is 11.7. The maximum Gasteiger partial charge on any atom is 0.296 e. The highest BCUT2D eigenvalue weighted by Crippen LogP contribution is 2.44. The van der Waals surface area contributed by atoms with E-state index in [1.165, 1.54) is 22.7 Å². The van der Waals surface area contributed by atoms with Gasteiger partial charge in [0.25, 0.3) is 11.7 Å². The second kappa shape index (κ2) is 8.37. The quantitative estimate of drug-likeness (QED) is 0.283. The molecule has 1 aromatic carbocycles. The number of nitrogens with zero attached hydrogens (tertiary/aromatic N) is 1. The molecule has 1 aliphatic rings. The number of Topliss-reactive ketones (excluding diaryl/α,β-unsaturated/α-hetero) is 1. The molecule has 3 aromatic rings. The third-order valence-corrected chi connectivity index (χ3v) is 7.57. The SMILES string of the molecule is COc1ccc(/C(O)=C2/C(=O)C(=O)N(Cc3cccs3)C2c2sccc2C)cc1Br. The molecule has 1 unspecified atom stereocenters. The number of benzene rings is 1. The van der Waals surface area contributed by atoms with Crippen LogP contribution in [0, 0.1) is 6.92 Å². The molecule has 1 saturated heterocycles. The van der Waals surface area contributed by atoms with E-state index in [1.54, 1.807) is 30.2 Å². The van der Waals surface area contributed by atoms with Gasteiger partial charge in [0, 0.05) is 15.3 Å². The predicted molar refractivity (Wildman–Crippen MR) is 122 cm³/mol. The lowest BCUT2D eigenvalue weighted by Gasteiger charge is -2.24. The van der Waals surface area contributed by atoms with Crippen LogP contribution in [0.15, 0.2) is 57.2 Å². The summed E-state index contributed by atoms with van der Waals surface area (Å²) in [5.41, 5.74) is 1.53. The number of hydrogen-bond donors (Lipinski definition) is 1. The van der Waals surface area contributed by atoms with Crippen LogP contribution in [-0.4, -0.2) is 28.8 Å². The largest absolute Gasteiger partial charge is 0.507 e. The van der Waals surface area contributed by atoms with E-state index in [-0.39, 0.29) is 11.3 Å². The summed E-state index contributed by atoms with van der Waals surface area (Å²) in [6, 6.07) is 10.2. The van der Waals surface area contributed by atoms with Gasteiger partial charge in [-0.05, 0) is 69.5 Å². The molecule has 1 aliphatic heterocycles. The average molecular weight is 504 g/mol. The number of aliphatic hydroxyl groups excluding tert-OH is 1. The van der Waals surface area contributed by atoms with Crippen LogP contribution in [0.2, 0.25) is 0 Å². The van der Waals surface area contributed by atoms with Gasteiger partial charge in [0.15, 0.2) is 0 Å². The van der Waals surface area contributed by atoms with Gasteiger partial charge < -0.3 is 14.7 Å². The lowest BCUT2D eigenvalue weighted by molar-refractivity contribution is -0.140. The van der Waals surface area contributed by atoms with Gasteiger partial charge in [-0.3, -0.25) is 9.59 Å². The molecule has 0 radical (unpaired) electrons. The number of ether oxygens (including phenoxy) is 1. The fourth-order valence-corrected chi connectivity index (χ4v) is 5.81. The molecule has 154 valence electrons. The van der Waals surface area contributed by atoms with Crippen molar-refractivity contribution >= 4 is 56.1 Å². The molecular formula is C22H18BrNO4S2. The highest BCUT2D eigenvalue weighted by Gasteiger charge is 2.47. The molecule has 4 rings (SSSR count). The summed E-state index contributed by atoms with van der Waals surface area (Å²) < 4.78 is 5.89. The third-order valence-electron chi connectivity index (χ3n) is 5.02. The number of halogens is 1. The van der Waals surface area contributed by atoms with Crippen LogP contribution in [0.3, 0.4) is 0 Å². The number of carbonyl (C=O) groups excluding carboxylic acids is 2. The minimum atomic E-state index is -0.672. The van der Waals surface area contributed by atoms with Crippen molar-refractivity contribution in [2.45, 2.75) is 19.5 Å². The normalized spacial score (nSPS) is 18.2. The van der Waals surface area contributed by atoms with Crippen molar-refractivity contribution in [1.82, 2.24) is 4.90 Å². The Kier molecular flexibility index (Phi) is 5.81. The highest BCUT2D eigenvalue weighted by molar-refractivity contribution is 9.10. The van der Waals surface area contributed by atoms with Crippen LogP contribution in [0.5, 0.6) is 5.75 Å². The molecule has 0 spiro atoms. The summed E-state index contributed by atoms with van der Waals surface area (Å²) in [6.45, 7) is 2.26. The molecule has 1 amide bonds. The van der Waals surface area contributed by atoms with Crippen molar-refractivity contribution < 1.29 is 19.4 Å². The van der Waals surface area contributed by atoms with Gasteiger partial charge in [-0.25, -0.2) is 0 Å². The number of thiophene rings is 2. The van der Waals surface area contributed by atoms with E-state index in [2.05, 4.69) is 15.9 Å². The smallest absolute Gasteiger partial charge is 0.296 e. The molecule has 0 saturated carbocycles. The van der Waals surface area contributed by atoms with Crippen molar-refractivity contribution in [3.8, 4) is 5.75 Å². The van der Waals surface area contributed by atoms with Gasteiger partial charge in [0.1, 0.15) is 17.6 Å². The van der Waals surface area contributed by atoms with Gasteiger partial charge in [-0.1, -0.05) is 6.07 Å². The highest BCUT2D eigenvalue weighted by atomic mass is 79.9. The minimum Gasteiger partial charge on any atom is -0.507 e. The first kappa shape index (κ1) is 20.8. The van der Waals surface area contributed by atoms with Crippen LogP contribution in [0.25, 0.3) is 5.76 Å². The Morgan fingerprint density at radius 1 is 1.20 bits per heavy atom. The molecule has 1 N–H and O–H groups in total. The number of carbonyl (C=O) groups is 2. The Morgan fingerprint density at radius 3 is 2.60 bits per heavy atom. The summed E-state index contributed by atoms with van der Waals surface area (Å²) in [4.78, 5) is 29.4. The van der Waals surface area contributed by atoms with Crippen LogP contribution in [0.1, 0.15) is 26.9 Å². The summed E-state index contributed by atoms with van der Waals surface area (Å²) >= 11 is 6.41. The maximum absolute atomic E-state index is 13.0. The van der Waals surface area contributed by atoms with Crippen molar-refractivity contribution in [3.05, 3.63) is 78.1 Å². The monoisotopic (exact) mass is 503 g/mol. The molecule has 0 bridgehead atoms. The molecule has 30 heavy (non-hydrogen) atoms. The van der Waals surface area contributed by atoms with E-state index >= 15 is 0 Å². The zero-order valence-corrected chi connectivity index (χ0v) is 19.4. The van der Waals surface area contributed by atoms with Gasteiger partial charge >= 0.3 is 0 Å². The molecular weight excluding hydrogens is 486 g/mol. The first-order chi connectivity index (χ1) is 14.4. The van der Waals surface area contributed by atoms with Crippen molar-refractivity contribution in [3.63, 3.8) is 0 Å². The number of aryl methyl sites for hydroxylation is 1. The first-order valence-electron chi connectivity index (χ1n) is 9.11. The average Bonchev–Trinajstić information content (AvgIpc) is 3.45. The maximum atomic E-state index is 13.0. The van der Waals surface area contributed by atoms with E-state index in [0.717, 1.165) is 15.3 Å². The Hall–Kier alpha value is -2.42. The summed E-state index contributed by atoms with van der Waals surface area (Å²) in [5, 5.41) is 15.0. The van der Waals surface area contributed by atoms with E-state index in [4.69, 9.17) is 4.74 Å². The molecule has 1 fully saturated rings. The van der Waals surface area contributed by atoms with Gasteiger partial charge in [0.2, 0.25) is 0 Å². The van der Waals surface area contributed by atoms with E-state index in [9.17, 15) is 14.7 Å². The van der Waals surface area contributed by atoms with E-state index in [1.807, 2.05) is 35.9 Å². The lowest BCUT2D eigenvalue weighted by Crippen LogP contribution is -2.28. The van der Waals surface area contributed by atoms with Crippen LogP contribution in [0.4, 0.5) is 0 Å². The Bertz CT molecular complexity index is 1150. The van der Waals surface area contributed by atoms with Crippen LogP contribution < -0.4 is 4.74 Å². The standard InChI is InChI=1S/C22H18BrNO4S2/c1-12-7-9-30-21(12)18-17(19(25)13-5-6-16(28-2)15(23)10-13)20(26)22(27)24(18)11-14-4-3-8-29-14/h3-10,18,25H,11H2,1-2H3/b19-17-. The topological polar surface area (TPSA) is 66.8 Å². The van der Waals surface area contributed by atoms with Crippen LogP contribution >= 0.6 is 38.6 Å². The predicted octanol–water partition coefficient (Wildman–Crippen LogP) is 5.51. The van der Waals surface area contributed by atoms with Gasteiger partial charge in [-0.15, -0.1) is 22.7 Å². The number of amides is 1. The zero-order valence-electron chi connectivity index (χ0n) is 16.2. The van der Waals surface area contributed by atoms with E-state index < -0.39 is 17.7 Å². The Labute approximate surface area is 190 Å². The number of likely N-dealkylation sites (tertiary alicyclic amines) is 1. The summed E-state index contributed by atoms with van der Waals surface area (Å²) in [7, 11) is 1.55. The van der Waals surface area contributed by atoms with Crippen molar-refractivity contribution in [1.29, 1.82) is 0 Å². The molecule has 2 aromatic heterocycles. The van der Waals surface area contributed by atoms with Gasteiger partial charge in [-0.2, -0.15) is 0 Å². The van der Waals surface area contributed by atoms with Gasteiger partial charge in [0.05, 0.1) is 23.7 Å². The lowest BCUT2D eigenvalue weighted by atomic mass is 9.98. The fourth-order valence-electron chi connectivity index (χ4n) is 3.52. The second-order valence-corrected chi connectivity index (χ2v) is 9.66. The molecule has 1 atom stereocenters. The number of methoxy groups -OCH3 is 1. The number of aliphatic hydroxyl groups is 1. The van der Waals surface area contributed by atoms with E-state index in [0.29, 0.717) is 22.3 Å². The zero-order chi connectivity index (χ0) is 21.4. The molecule has 8 heteroatoms. The fraction of sp³-hybridized carbons (Fsp3) is 0.182. The summed E-state index contributed by atoms with van der Waals surface area (Å²) in [5.74, 6) is -0.859. The number of hydrogen-bond acceptors (Lipinski definition) is 6. The molecule has 5 nitrogen and oxygen atoms in total. The molecule has 3 heterocycles. The van der Waals surface area contributed by atoms with Crippen molar-refractivity contribution in [2.24, 2.45) is 0 Å². The Balaban J connectivity index is 1.87. The Morgan fingerprint density at radius 2 is 2.00 bits per heavy atom. The van der Waals surface area contributed by atoms with Crippen molar-refractivity contribution in [2.75, 3.05) is 7.11 Å². The minimum absolute atomic E-state index is 0.110. The molecule has 0 aliphatic carbocycles. The second-order valence-electron chi connectivity index (χ2n) is 6.82. The third kappa shape index (κ3) is 3.59.